The molecule has 15 heavy (non-hydrogen) atoms. The van der Waals surface area contributed by atoms with Gasteiger partial charge in [-0.25, -0.2) is 0 Å². The minimum Gasteiger partial charge on any atom is -0.381 e. The van der Waals surface area contributed by atoms with E-state index < -0.39 is 0 Å². The molecule has 78 valence electrons. The molecule has 1 atom stereocenters. The molecule has 0 aromatic carbocycles. The maximum atomic E-state index is 11.2. The topological polar surface area (TPSA) is 46.5 Å². The Balaban J connectivity index is 2.09. The van der Waals surface area contributed by atoms with Crippen LogP contribution in [0, 0.1) is 0 Å². The smallest absolute Gasteiger partial charge is 0.183 e. The first-order valence-electron chi connectivity index (χ1n) is 5.11. The van der Waals surface area contributed by atoms with Crippen LogP contribution in [0.1, 0.15) is 18.0 Å². The van der Waals surface area contributed by atoms with Crippen molar-refractivity contribution < 1.29 is 4.74 Å². The maximum Gasteiger partial charge on any atom is 0.183 e. The Morgan fingerprint density at radius 1 is 1.53 bits per heavy atom. The molecule has 1 aliphatic rings. The van der Waals surface area contributed by atoms with Crippen molar-refractivity contribution in [3.8, 4) is 0 Å². The van der Waals surface area contributed by atoms with E-state index in [0.717, 1.165) is 31.0 Å². The Morgan fingerprint density at radius 2 is 2.47 bits per heavy atom. The number of fused-ring (bicyclic) bond motifs is 1. The summed E-state index contributed by atoms with van der Waals surface area (Å²) in [5, 5.41) is 0. The first kappa shape index (κ1) is 8.73. The van der Waals surface area contributed by atoms with Crippen molar-refractivity contribution >= 4 is 5.65 Å². The van der Waals surface area contributed by atoms with E-state index in [-0.39, 0.29) is 5.43 Å². The molecule has 3 rings (SSSR count). The lowest BCUT2D eigenvalue weighted by Crippen LogP contribution is -1.97. The van der Waals surface area contributed by atoms with Crippen molar-refractivity contribution in [2.24, 2.45) is 0 Å². The van der Waals surface area contributed by atoms with E-state index in [1.807, 2.05) is 10.6 Å². The van der Waals surface area contributed by atoms with Crippen LogP contribution in [0.25, 0.3) is 5.65 Å². The minimum atomic E-state index is 0.0334. The normalized spacial score (nSPS) is 21.2. The molecule has 1 unspecified atom stereocenters. The van der Waals surface area contributed by atoms with Gasteiger partial charge in [-0.15, -0.1) is 0 Å². The SMILES string of the molecule is O=c1ccn2cc(C3CCOC3)[nH]c2c1. The van der Waals surface area contributed by atoms with Gasteiger partial charge >= 0.3 is 0 Å². The van der Waals surface area contributed by atoms with Crippen LogP contribution in [0.15, 0.2) is 29.3 Å². The Labute approximate surface area is 86.5 Å². The second kappa shape index (κ2) is 3.24. The zero-order valence-corrected chi connectivity index (χ0v) is 8.27. The van der Waals surface area contributed by atoms with Gasteiger partial charge in [0.15, 0.2) is 5.43 Å². The van der Waals surface area contributed by atoms with E-state index in [4.69, 9.17) is 4.74 Å². The van der Waals surface area contributed by atoms with E-state index in [2.05, 4.69) is 4.98 Å². The van der Waals surface area contributed by atoms with Gasteiger partial charge in [0.1, 0.15) is 5.65 Å². The van der Waals surface area contributed by atoms with Crippen LogP contribution >= 0.6 is 0 Å². The van der Waals surface area contributed by atoms with Crippen LogP contribution in [0.4, 0.5) is 0 Å². The lowest BCUT2D eigenvalue weighted by molar-refractivity contribution is 0.193. The number of aromatic nitrogens is 2. The van der Waals surface area contributed by atoms with Crippen LogP contribution in [-0.2, 0) is 4.74 Å². The molecule has 0 bridgehead atoms. The second-order valence-electron chi connectivity index (χ2n) is 3.92. The Morgan fingerprint density at radius 3 is 3.27 bits per heavy atom. The number of nitrogens with zero attached hydrogens (tertiary/aromatic N) is 1. The van der Waals surface area contributed by atoms with Crippen molar-refractivity contribution in [1.29, 1.82) is 0 Å². The fourth-order valence-corrected chi connectivity index (χ4v) is 2.02. The third kappa shape index (κ3) is 1.47. The van der Waals surface area contributed by atoms with Gasteiger partial charge in [-0.05, 0) is 6.42 Å². The van der Waals surface area contributed by atoms with E-state index in [1.54, 1.807) is 18.3 Å². The summed E-state index contributed by atoms with van der Waals surface area (Å²) in [5.41, 5.74) is 2.04. The molecular weight excluding hydrogens is 192 g/mol. The van der Waals surface area contributed by atoms with Gasteiger partial charge in [-0.3, -0.25) is 4.79 Å². The van der Waals surface area contributed by atoms with Crippen molar-refractivity contribution in [1.82, 2.24) is 9.38 Å². The minimum absolute atomic E-state index is 0.0334. The van der Waals surface area contributed by atoms with Crippen molar-refractivity contribution in [3.63, 3.8) is 0 Å². The molecular formula is C11H12N2O2. The van der Waals surface area contributed by atoms with Gasteiger partial charge in [-0.1, -0.05) is 0 Å². The van der Waals surface area contributed by atoms with Crippen LogP contribution in [-0.4, -0.2) is 22.6 Å². The Hall–Kier alpha value is -1.55. The summed E-state index contributed by atoms with van der Waals surface area (Å²) in [6, 6.07) is 3.18. The number of hydrogen-bond donors (Lipinski definition) is 1. The average Bonchev–Trinajstić information content (AvgIpc) is 2.84. The second-order valence-corrected chi connectivity index (χ2v) is 3.92. The molecule has 1 saturated heterocycles. The first-order chi connectivity index (χ1) is 7.33. The summed E-state index contributed by atoms with van der Waals surface area (Å²) in [6.45, 7) is 1.61. The molecule has 4 nitrogen and oxygen atoms in total. The molecule has 4 heteroatoms. The number of nitrogens with one attached hydrogen (secondary N) is 1. The number of ether oxygens (including phenoxy) is 1. The van der Waals surface area contributed by atoms with Gasteiger partial charge in [0.2, 0.25) is 0 Å². The molecule has 1 N–H and O–H groups in total. The Bertz CT molecular complexity index is 535. The summed E-state index contributed by atoms with van der Waals surface area (Å²) in [7, 11) is 0. The summed E-state index contributed by atoms with van der Waals surface area (Å²) >= 11 is 0. The van der Waals surface area contributed by atoms with E-state index in [9.17, 15) is 4.79 Å². The highest BCUT2D eigenvalue weighted by Crippen LogP contribution is 2.24. The fraction of sp³-hybridized carbons (Fsp3) is 0.364. The van der Waals surface area contributed by atoms with Gasteiger partial charge < -0.3 is 14.1 Å². The highest BCUT2D eigenvalue weighted by molar-refractivity contribution is 5.40. The molecule has 0 spiro atoms. The molecule has 2 aromatic heterocycles. The van der Waals surface area contributed by atoms with Crippen LogP contribution in [0.2, 0.25) is 0 Å². The number of hydrogen-bond acceptors (Lipinski definition) is 2. The molecule has 0 amide bonds. The predicted molar refractivity (Wildman–Crippen MR) is 56.2 cm³/mol. The van der Waals surface area contributed by atoms with Gasteiger partial charge in [0, 0.05) is 42.7 Å². The summed E-state index contributed by atoms with van der Waals surface area (Å²) in [4.78, 5) is 14.4. The number of aromatic amines is 1. The summed E-state index contributed by atoms with van der Waals surface area (Å²) < 4.78 is 7.28. The third-order valence-electron chi connectivity index (χ3n) is 2.88. The lowest BCUT2D eigenvalue weighted by Gasteiger charge is -2.01. The highest BCUT2D eigenvalue weighted by atomic mass is 16.5. The van der Waals surface area contributed by atoms with Gasteiger partial charge in [-0.2, -0.15) is 0 Å². The first-order valence-corrected chi connectivity index (χ1v) is 5.11. The van der Waals surface area contributed by atoms with Crippen LogP contribution in [0.5, 0.6) is 0 Å². The van der Waals surface area contributed by atoms with Crippen molar-refractivity contribution in [2.45, 2.75) is 12.3 Å². The molecule has 1 aliphatic heterocycles. The number of rotatable bonds is 1. The summed E-state index contributed by atoms with van der Waals surface area (Å²) in [6.07, 6.45) is 4.87. The molecule has 0 aliphatic carbocycles. The molecule has 2 aromatic rings. The van der Waals surface area contributed by atoms with Crippen LogP contribution < -0.4 is 5.43 Å². The standard InChI is InChI=1S/C11H12N2O2/c14-9-1-3-13-6-10(12-11(13)5-9)8-2-4-15-7-8/h1,3,5-6,8,12H,2,4,7H2. The number of H-pyrrole nitrogens is 1. The van der Waals surface area contributed by atoms with E-state index in [0.29, 0.717) is 5.92 Å². The lowest BCUT2D eigenvalue weighted by atomic mass is 10.1. The predicted octanol–water partition coefficient (Wildman–Crippen LogP) is 1.13. The maximum absolute atomic E-state index is 11.2. The largest absolute Gasteiger partial charge is 0.381 e. The van der Waals surface area contributed by atoms with Gasteiger partial charge in [0.05, 0.1) is 6.61 Å². The molecule has 3 heterocycles. The average molecular weight is 204 g/mol. The quantitative estimate of drug-likeness (QED) is 0.757. The highest BCUT2D eigenvalue weighted by Gasteiger charge is 2.19. The zero-order chi connectivity index (χ0) is 10.3. The molecule has 1 fully saturated rings. The Kier molecular flexibility index (Phi) is 1.89. The van der Waals surface area contributed by atoms with E-state index >= 15 is 0 Å². The zero-order valence-electron chi connectivity index (χ0n) is 8.27. The van der Waals surface area contributed by atoms with Crippen molar-refractivity contribution in [2.75, 3.05) is 13.2 Å². The third-order valence-corrected chi connectivity index (χ3v) is 2.88. The number of imidazole rings is 1. The van der Waals surface area contributed by atoms with Gasteiger partial charge in [0.25, 0.3) is 0 Å². The van der Waals surface area contributed by atoms with Crippen molar-refractivity contribution in [3.05, 3.63) is 40.4 Å². The van der Waals surface area contributed by atoms with Crippen LogP contribution in [0.3, 0.4) is 0 Å². The number of pyridine rings is 1. The monoisotopic (exact) mass is 204 g/mol. The molecule has 0 radical (unpaired) electrons. The molecule has 0 saturated carbocycles. The van der Waals surface area contributed by atoms with E-state index in [1.165, 1.54) is 0 Å². The summed E-state index contributed by atoms with van der Waals surface area (Å²) in [5.74, 6) is 0.444. The fourth-order valence-electron chi connectivity index (χ4n) is 2.02.